The molecule has 3 N–H and O–H groups in total. The van der Waals surface area contributed by atoms with Crippen LogP contribution in [0.1, 0.15) is 23.4 Å². The summed E-state index contributed by atoms with van der Waals surface area (Å²) in [5.41, 5.74) is 2.58. The number of halogens is 1. The van der Waals surface area contributed by atoms with Crippen LogP contribution in [0, 0.1) is 6.92 Å². The smallest absolute Gasteiger partial charge is 0.319 e. The topological polar surface area (TPSA) is 70.2 Å². The minimum absolute atomic E-state index is 0.274. The Balaban J connectivity index is 1.95. The molecule has 0 unspecified atom stereocenters. The van der Waals surface area contributed by atoms with Gasteiger partial charge in [-0.3, -0.25) is 4.79 Å². The average Bonchev–Trinajstić information content (AvgIpc) is 3.04. The average molecular weight is 362 g/mol. The van der Waals surface area contributed by atoms with Gasteiger partial charge in [0.05, 0.1) is 11.6 Å². The number of hydrogen-bond donors (Lipinski definition) is 3. The SMILES string of the molecule is CC1=C(C(=O)Nc2cc(Cl)ccc2C)[C@H](c2cccs2)NC(=O)N1. The van der Waals surface area contributed by atoms with Crippen molar-refractivity contribution in [1.82, 2.24) is 10.6 Å². The van der Waals surface area contributed by atoms with Crippen LogP contribution >= 0.6 is 22.9 Å². The second-order valence-corrected chi connectivity index (χ2v) is 6.91. The molecule has 0 saturated carbocycles. The molecular formula is C17H16ClN3O2S. The number of nitrogens with one attached hydrogen (secondary N) is 3. The van der Waals surface area contributed by atoms with Crippen LogP contribution in [0.3, 0.4) is 0 Å². The lowest BCUT2D eigenvalue weighted by atomic mass is 10.0. The number of carbonyl (C=O) groups is 2. The first-order chi connectivity index (χ1) is 11.5. The third kappa shape index (κ3) is 3.29. The Morgan fingerprint density at radius 2 is 2.08 bits per heavy atom. The van der Waals surface area contributed by atoms with E-state index in [0.29, 0.717) is 22.0 Å². The minimum atomic E-state index is -0.474. The molecule has 7 heteroatoms. The van der Waals surface area contributed by atoms with Gasteiger partial charge >= 0.3 is 6.03 Å². The zero-order chi connectivity index (χ0) is 17.3. The number of rotatable bonds is 3. The van der Waals surface area contributed by atoms with Gasteiger partial charge in [-0.25, -0.2) is 4.79 Å². The van der Waals surface area contributed by atoms with Gasteiger partial charge < -0.3 is 16.0 Å². The molecule has 2 aromatic rings. The van der Waals surface area contributed by atoms with Crippen LogP contribution < -0.4 is 16.0 Å². The summed E-state index contributed by atoms with van der Waals surface area (Å²) < 4.78 is 0. The summed E-state index contributed by atoms with van der Waals surface area (Å²) in [5.74, 6) is -0.274. The highest BCUT2D eigenvalue weighted by Gasteiger charge is 2.31. The second-order valence-electron chi connectivity index (χ2n) is 5.50. The second kappa shape index (κ2) is 6.67. The Labute approximate surface area is 148 Å². The normalized spacial score (nSPS) is 17.3. The number of aryl methyl sites for hydroxylation is 1. The summed E-state index contributed by atoms with van der Waals surface area (Å²) in [6.45, 7) is 3.61. The van der Waals surface area contributed by atoms with E-state index in [1.165, 1.54) is 11.3 Å². The van der Waals surface area contributed by atoms with Crippen molar-refractivity contribution >= 4 is 40.6 Å². The highest BCUT2D eigenvalue weighted by atomic mass is 35.5. The van der Waals surface area contributed by atoms with E-state index in [2.05, 4.69) is 16.0 Å². The van der Waals surface area contributed by atoms with Gasteiger partial charge in [0.1, 0.15) is 0 Å². The van der Waals surface area contributed by atoms with E-state index in [4.69, 9.17) is 11.6 Å². The number of carbonyl (C=O) groups excluding carboxylic acids is 2. The summed E-state index contributed by atoms with van der Waals surface area (Å²) in [6, 6.07) is 8.32. The quantitative estimate of drug-likeness (QED) is 0.774. The first-order valence-electron chi connectivity index (χ1n) is 7.35. The van der Waals surface area contributed by atoms with Crippen molar-refractivity contribution < 1.29 is 9.59 Å². The molecule has 1 aromatic carbocycles. The van der Waals surface area contributed by atoms with Gasteiger partial charge in [-0.05, 0) is 43.0 Å². The first kappa shape index (κ1) is 16.5. The van der Waals surface area contributed by atoms with E-state index >= 15 is 0 Å². The summed E-state index contributed by atoms with van der Waals surface area (Å²) in [4.78, 5) is 25.6. The lowest BCUT2D eigenvalue weighted by Gasteiger charge is -2.27. The molecule has 0 saturated heterocycles. The fraction of sp³-hybridized carbons (Fsp3) is 0.176. The largest absolute Gasteiger partial charge is 0.326 e. The number of thiophene rings is 1. The van der Waals surface area contributed by atoms with Gasteiger partial charge in [0, 0.05) is 21.3 Å². The van der Waals surface area contributed by atoms with E-state index in [9.17, 15) is 9.59 Å². The van der Waals surface area contributed by atoms with E-state index in [1.54, 1.807) is 19.1 Å². The van der Waals surface area contributed by atoms with Gasteiger partial charge in [-0.1, -0.05) is 23.7 Å². The summed E-state index contributed by atoms with van der Waals surface area (Å²) in [6.07, 6.45) is 0. The summed E-state index contributed by atoms with van der Waals surface area (Å²) in [7, 11) is 0. The first-order valence-corrected chi connectivity index (χ1v) is 8.60. The third-order valence-corrected chi connectivity index (χ3v) is 4.96. The predicted octanol–water partition coefficient (Wildman–Crippen LogP) is 3.98. The maximum Gasteiger partial charge on any atom is 0.319 e. The highest BCUT2D eigenvalue weighted by Crippen LogP contribution is 2.31. The fourth-order valence-corrected chi connectivity index (χ4v) is 3.54. The third-order valence-electron chi connectivity index (χ3n) is 3.79. The van der Waals surface area contributed by atoms with Crippen molar-refractivity contribution in [3.8, 4) is 0 Å². The molecule has 0 bridgehead atoms. The Morgan fingerprint density at radius 1 is 1.29 bits per heavy atom. The van der Waals surface area contributed by atoms with E-state index in [-0.39, 0.29) is 11.9 Å². The molecule has 3 rings (SSSR count). The Bertz CT molecular complexity index is 830. The van der Waals surface area contributed by atoms with Crippen LogP contribution in [0.4, 0.5) is 10.5 Å². The van der Waals surface area contributed by atoms with Crippen molar-refractivity contribution in [1.29, 1.82) is 0 Å². The minimum Gasteiger partial charge on any atom is -0.326 e. The lowest BCUT2D eigenvalue weighted by molar-refractivity contribution is -0.113. The fourth-order valence-electron chi connectivity index (χ4n) is 2.58. The van der Waals surface area contributed by atoms with Gasteiger partial charge in [0.15, 0.2) is 0 Å². The van der Waals surface area contributed by atoms with Crippen LogP contribution in [0.5, 0.6) is 0 Å². The zero-order valence-corrected chi connectivity index (χ0v) is 14.7. The molecule has 0 fully saturated rings. The maximum atomic E-state index is 12.9. The molecular weight excluding hydrogens is 346 g/mol. The molecule has 1 aliphatic rings. The van der Waals surface area contributed by atoms with E-state index in [0.717, 1.165) is 10.4 Å². The molecule has 0 spiro atoms. The number of anilines is 1. The molecule has 5 nitrogen and oxygen atoms in total. The number of benzene rings is 1. The number of hydrogen-bond acceptors (Lipinski definition) is 3. The van der Waals surface area contributed by atoms with Crippen molar-refractivity contribution in [3.05, 3.63) is 62.4 Å². The van der Waals surface area contributed by atoms with Gasteiger partial charge in [-0.15, -0.1) is 11.3 Å². The van der Waals surface area contributed by atoms with Crippen LogP contribution in [0.2, 0.25) is 5.02 Å². The van der Waals surface area contributed by atoms with Crippen LogP contribution in [0.15, 0.2) is 47.0 Å². The predicted molar refractivity (Wildman–Crippen MR) is 96.2 cm³/mol. The van der Waals surface area contributed by atoms with Crippen LogP contribution in [-0.2, 0) is 4.79 Å². The van der Waals surface area contributed by atoms with Crippen molar-refractivity contribution in [2.45, 2.75) is 19.9 Å². The van der Waals surface area contributed by atoms with Gasteiger partial charge in [-0.2, -0.15) is 0 Å². The number of urea groups is 1. The molecule has 2 heterocycles. The van der Waals surface area contributed by atoms with Crippen molar-refractivity contribution in [2.24, 2.45) is 0 Å². The molecule has 0 aliphatic carbocycles. The summed E-state index contributed by atoms with van der Waals surface area (Å²) >= 11 is 7.50. The van der Waals surface area contributed by atoms with Gasteiger partial charge in [0.2, 0.25) is 0 Å². The van der Waals surface area contributed by atoms with E-state index < -0.39 is 6.04 Å². The highest BCUT2D eigenvalue weighted by molar-refractivity contribution is 7.10. The molecule has 124 valence electrons. The summed E-state index contributed by atoms with van der Waals surface area (Å²) in [5, 5.41) is 10.8. The molecule has 1 atom stereocenters. The number of amides is 3. The Kier molecular flexibility index (Phi) is 4.59. The monoisotopic (exact) mass is 361 g/mol. The van der Waals surface area contributed by atoms with Gasteiger partial charge in [0.25, 0.3) is 5.91 Å². The Hall–Kier alpha value is -2.31. The molecule has 1 aliphatic heterocycles. The molecule has 1 aromatic heterocycles. The van der Waals surface area contributed by atoms with Crippen molar-refractivity contribution in [3.63, 3.8) is 0 Å². The van der Waals surface area contributed by atoms with E-state index in [1.807, 2.05) is 30.5 Å². The molecule has 0 radical (unpaired) electrons. The molecule has 24 heavy (non-hydrogen) atoms. The molecule has 3 amide bonds. The lowest BCUT2D eigenvalue weighted by Crippen LogP contribution is -2.45. The zero-order valence-electron chi connectivity index (χ0n) is 13.1. The number of allylic oxidation sites excluding steroid dienone is 1. The standard InChI is InChI=1S/C17H16ClN3O2S/c1-9-5-6-11(18)8-12(9)20-16(22)14-10(2)19-17(23)21-15(14)13-4-3-7-24-13/h3-8,15H,1-2H3,(H,20,22)(H2,19,21,23)/t15-/m0/s1. The van der Waals surface area contributed by atoms with Crippen LogP contribution in [-0.4, -0.2) is 11.9 Å². The van der Waals surface area contributed by atoms with Crippen LogP contribution in [0.25, 0.3) is 0 Å². The Morgan fingerprint density at radius 3 is 2.79 bits per heavy atom. The van der Waals surface area contributed by atoms with Crippen molar-refractivity contribution in [2.75, 3.05) is 5.32 Å². The maximum absolute atomic E-state index is 12.9.